The molecule has 3 nitrogen and oxygen atoms in total. The first-order valence-corrected chi connectivity index (χ1v) is 4.33. The zero-order valence-electron chi connectivity index (χ0n) is 8.63. The number of hydrogen-bond acceptors (Lipinski definition) is 3. The van der Waals surface area contributed by atoms with Crippen molar-refractivity contribution in [2.24, 2.45) is 0 Å². The van der Waals surface area contributed by atoms with Crippen LogP contribution in [0.15, 0.2) is 0 Å². The lowest BCUT2D eigenvalue weighted by atomic mass is 10.2. The third-order valence-electron chi connectivity index (χ3n) is 1.99. The van der Waals surface area contributed by atoms with Gasteiger partial charge in [0.15, 0.2) is 0 Å². The number of methoxy groups -OCH3 is 3. The lowest BCUT2D eigenvalue weighted by Gasteiger charge is -2.28. The fraction of sp³-hybridized carbons (Fsp3) is 0.800. The topological polar surface area (TPSA) is 27.7 Å². The van der Waals surface area contributed by atoms with Crippen LogP contribution in [0.2, 0.25) is 0 Å². The van der Waals surface area contributed by atoms with Crippen molar-refractivity contribution in [3.63, 3.8) is 0 Å². The summed E-state index contributed by atoms with van der Waals surface area (Å²) in [4.78, 5) is 0. The lowest BCUT2D eigenvalue weighted by Crippen LogP contribution is -2.35. The second-order valence-electron chi connectivity index (χ2n) is 2.71. The molecule has 0 N–H and O–H groups in total. The molecule has 76 valence electrons. The second kappa shape index (κ2) is 6.90. The molecule has 0 aliphatic rings. The molecule has 0 atom stereocenters. The molecule has 0 amide bonds. The van der Waals surface area contributed by atoms with Crippen molar-refractivity contribution in [2.75, 3.05) is 21.3 Å². The van der Waals surface area contributed by atoms with Crippen LogP contribution in [-0.4, -0.2) is 27.3 Å². The second-order valence-corrected chi connectivity index (χ2v) is 2.71. The van der Waals surface area contributed by atoms with Crippen LogP contribution < -0.4 is 0 Å². The maximum absolute atomic E-state index is 5.13. The van der Waals surface area contributed by atoms with Gasteiger partial charge in [-0.25, -0.2) is 0 Å². The van der Waals surface area contributed by atoms with Gasteiger partial charge in [-0.15, -0.1) is 12.3 Å². The van der Waals surface area contributed by atoms with E-state index in [0.717, 1.165) is 19.3 Å². The smallest absolute Gasteiger partial charge is 0.282 e. The third kappa shape index (κ3) is 4.28. The molecule has 0 rings (SSSR count). The van der Waals surface area contributed by atoms with Crippen LogP contribution in [0.4, 0.5) is 0 Å². The number of terminal acetylenes is 1. The van der Waals surface area contributed by atoms with Crippen molar-refractivity contribution in [3.05, 3.63) is 0 Å². The third-order valence-corrected chi connectivity index (χ3v) is 1.99. The van der Waals surface area contributed by atoms with E-state index in [2.05, 4.69) is 5.92 Å². The van der Waals surface area contributed by atoms with Crippen LogP contribution in [-0.2, 0) is 14.2 Å². The van der Waals surface area contributed by atoms with Crippen LogP contribution in [0.3, 0.4) is 0 Å². The summed E-state index contributed by atoms with van der Waals surface area (Å²) < 4.78 is 15.4. The van der Waals surface area contributed by atoms with Gasteiger partial charge in [0.25, 0.3) is 5.97 Å². The standard InChI is InChI=1S/C10H18O3/c1-5-6-7-8-9-10(11-2,12-3)13-4/h1H,6-9H2,2-4H3. The Morgan fingerprint density at radius 1 is 1.08 bits per heavy atom. The van der Waals surface area contributed by atoms with E-state index in [1.807, 2.05) is 0 Å². The molecule has 0 aromatic rings. The van der Waals surface area contributed by atoms with Crippen molar-refractivity contribution in [1.82, 2.24) is 0 Å². The monoisotopic (exact) mass is 186 g/mol. The molecule has 0 saturated heterocycles. The summed E-state index contributed by atoms with van der Waals surface area (Å²) >= 11 is 0. The molecule has 0 unspecified atom stereocenters. The molecule has 0 aliphatic carbocycles. The first-order valence-electron chi connectivity index (χ1n) is 4.33. The summed E-state index contributed by atoms with van der Waals surface area (Å²) in [5, 5.41) is 0. The van der Waals surface area contributed by atoms with Gasteiger partial charge in [-0.2, -0.15) is 0 Å². The van der Waals surface area contributed by atoms with Crippen molar-refractivity contribution in [2.45, 2.75) is 31.7 Å². The lowest BCUT2D eigenvalue weighted by molar-refractivity contribution is -0.355. The zero-order chi connectivity index (χ0) is 10.2. The van der Waals surface area contributed by atoms with Crippen LogP contribution in [0.1, 0.15) is 25.7 Å². The predicted molar refractivity (Wildman–Crippen MR) is 51.1 cm³/mol. The summed E-state index contributed by atoms with van der Waals surface area (Å²) in [6.45, 7) is 0. The Morgan fingerprint density at radius 3 is 2.00 bits per heavy atom. The van der Waals surface area contributed by atoms with E-state index < -0.39 is 5.97 Å². The predicted octanol–water partition coefficient (Wildman–Crippen LogP) is 1.77. The fourth-order valence-electron chi connectivity index (χ4n) is 1.12. The molecule has 0 spiro atoms. The zero-order valence-corrected chi connectivity index (χ0v) is 8.63. The maximum atomic E-state index is 5.13. The number of hydrogen-bond donors (Lipinski definition) is 0. The van der Waals surface area contributed by atoms with E-state index in [9.17, 15) is 0 Å². The van der Waals surface area contributed by atoms with Gasteiger partial charge >= 0.3 is 0 Å². The average molecular weight is 186 g/mol. The summed E-state index contributed by atoms with van der Waals surface area (Å²) in [6.07, 6.45) is 8.51. The highest BCUT2D eigenvalue weighted by Crippen LogP contribution is 2.20. The van der Waals surface area contributed by atoms with Crippen LogP contribution in [0, 0.1) is 12.3 Å². The Labute approximate surface area is 80.4 Å². The molecular weight excluding hydrogens is 168 g/mol. The van der Waals surface area contributed by atoms with E-state index >= 15 is 0 Å². The summed E-state index contributed by atoms with van der Waals surface area (Å²) in [5.41, 5.74) is 0. The summed E-state index contributed by atoms with van der Waals surface area (Å²) in [5.74, 6) is 1.69. The Hall–Kier alpha value is -0.560. The van der Waals surface area contributed by atoms with Gasteiger partial charge in [0.2, 0.25) is 0 Å². The first-order chi connectivity index (χ1) is 6.24. The molecule has 13 heavy (non-hydrogen) atoms. The highest BCUT2D eigenvalue weighted by Gasteiger charge is 2.28. The van der Waals surface area contributed by atoms with Gasteiger partial charge in [0, 0.05) is 34.2 Å². The van der Waals surface area contributed by atoms with E-state index in [1.165, 1.54) is 0 Å². The molecule has 0 aromatic carbocycles. The minimum absolute atomic E-state index is 0.693. The largest absolute Gasteiger partial charge is 0.331 e. The Bertz CT molecular complexity index is 148. The van der Waals surface area contributed by atoms with Crippen molar-refractivity contribution in [3.8, 4) is 12.3 Å². The van der Waals surface area contributed by atoms with E-state index in [1.54, 1.807) is 21.3 Å². The summed E-state index contributed by atoms with van der Waals surface area (Å²) in [6, 6.07) is 0. The molecule has 0 aromatic heterocycles. The molecule has 3 heteroatoms. The van der Waals surface area contributed by atoms with E-state index in [4.69, 9.17) is 20.6 Å². The van der Waals surface area contributed by atoms with Gasteiger partial charge < -0.3 is 14.2 Å². The molecular formula is C10H18O3. The molecule has 0 saturated carbocycles. The Kier molecular flexibility index (Phi) is 6.61. The van der Waals surface area contributed by atoms with Gasteiger partial charge in [-0.05, 0) is 12.8 Å². The Morgan fingerprint density at radius 2 is 1.62 bits per heavy atom. The van der Waals surface area contributed by atoms with E-state index in [0.29, 0.717) is 6.42 Å². The Balaban J connectivity index is 3.76. The summed E-state index contributed by atoms with van der Waals surface area (Å²) in [7, 11) is 4.69. The van der Waals surface area contributed by atoms with Crippen molar-refractivity contribution in [1.29, 1.82) is 0 Å². The van der Waals surface area contributed by atoms with Gasteiger partial charge in [0.1, 0.15) is 0 Å². The van der Waals surface area contributed by atoms with E-state index in [-0.39, 0.29) is 0 Å². The normalized spacial score (nSPS) is 11.2. The minimum atomic E-state index is -0.894. The maximum Gasteiger partial charge on any atom is 0.282 e. The van der Waals surface area contributed by atoms with Crippen LogP contribution >= 0.6 is 0 Å². The molecule has 0 aliphatic heterocycles. The molecule has 0 radical (unpaired) electrons. The van der Waals surface area contributed by atoms with Crippen molar-refractivity contribution < 1.29 is 14.2 Å². The van der Waals surface area contributed by atoms with Gasteiger partial charge in [0.05, 0.1) is 0 Å². The fourth-order valence-corrected chi connectivity index (χ4v) is 1.12. The molecule has 0 fully saturated rings. The van der Waals surface area contributed by atoms with Crippen LogP contribution in [0.25, 0.3) is 0 Å². The van der Waals surface area contributed by atoms with Gasteiger partial charge in [-0.1, -0.05) is 0 Å². The van der Waals surface area contributed by atoms with Crippen LogP contribution in [0.5, 0.6) is 0 Å². The SMILES string of the molecule is C#CCCCCC(OC)(OC)OC. The van der Waals surface area contributed by atoms with Crippen molar-refractivity contribution >= 4 is 0 Å². The number of rotatable bonds is 7. The van der Waals surface area contributed by atoms with Gasteiger partial charge in [-0.3, -0.25) is 0 Å². The highest BCUT2D eigenvalue weighted by molar-refractivity contribution is 4.82. The average Bonchev–Trinajstić information content (AvgIpc) is 2.20. The highest BCUT2D eigenvalue weighted by atomic mass is 16.9. The molecule has 0 heterocycles. The minimum Gasteiger partial charge on any atom is -0.331 e. The first kappa shape index (κ1) is 12.4. The number of ether oxygens (including phenoxy) is 3. The molecule has 0 bridgehead atoms. The number of unbranched alkanes of at least 4 members (excludes halogenated alkanes) is 2. The quantitative estimate of drug-likeness (QED) is 0.344.